The lowest BCUT2D eigenvalue weighted by Gasteiger charge is -2.13. The zero-order valence-corrected chi connectivity index (χ0v) is 12.7. The smallest absolute Gasteiger partial charge is 0.170 e. The minimum absolute atomic E-state index is 0.666. The minimum Gasteiger partial charge on any atom is -0.362 e. The molecule has 0 amide bonds. The normalized spacial score (nSPS) is 10.3. The van der Waals surface area contributed by atoms with E-state index in [1.54, 1.807) is 6.20 Å². The number of nitrogens with one attached hydrogen (secondary N) is 2. The maximum Gasteiger partial charge on any atom is 0.170 e. The van der Waals surface area contributed by atoms with Crippen molar-refractivity contribution in [2.24, 2.45) is 0 Å². The molecule has 4 nitrogen and oxygen atoms in total. The van der Waals surface area contributed by atoms with E-state index in [4.69, 9.17) is 12.2 Å². The highest BCUT2D eigenvalue weighted by Gasteiger charge is 2.01. The first-order valence-corrected chi connectivity index (χ1v) is 7.15. The molecule has 0 fully saturated rings. The van der Waals surface area contributed by atoms with Crippen LogP contribution in [-0.4, -0.2) is 21.4 Å². The Labute approximate surface area is 125 Å². The Hall–Kier alpha value is -1.88. The van der Waals surface area contributed by atoms with Crippen LogP contribution >= 0.6 is 12.2 Å². The summed E-state index contributed by atoms with van der Waals surface area (Å²) >= 11 is 5.31. The van der Waals surface area contributed by atoms with Gasteiger partial charge in [0.1, 0.15) is 0 Å². The number of hydrogen-bond acceptors (Lipinski definition) is 2. The van der Waals surface area contributed by atoms with Gasteiger partial charge in [-0.25, -0.2) is 0 Å². The minimum atomic E-state index is 0.666. The lowest BCUT2D eigenvalue weighted by Crippen LogP contribution is -2.30. The first kappa shape index (κ1) is 14.5. The molecule has 20 heavy (non-hydrogen) atoms. The summed E-state index contributed by atoms with van der Waals surface area (Å²) in [5.74, 6) is 0. The molecule has 0 unspecified atom stereocenters. The van der Waals surface area contributed by atoms with Gasteiger partial charge in [-0.1, -0.05) is 12.1 Å². The van der Waals surface area contributed by atoms with Gasteiger partial charge in [0.25, 0.3) is 0 Å². The van der Waals surface area contributed by atoms with E-state index in [-0.39, 0.29) is 0 Å². The number of rotatable bonds is 5. The molecule has 1 aromatic heterocycles. The Bertz CT molecular complexity index is 563. The van der Waals surface area contributed by atoms with E-state index in [1.165, 1.54) is 11.1 Å². The van der Waals surface area contributed by atoms with E-state index in [9.17, 15) is 0 Å². The number of nitrogens with zero attached hydrogens (tertiary/aromatic N) is 2. The van der Waals surface area contributed by atoms with E-state index < -0.39 is 0 Å². The molecule has 0 aliphatic carbocycles. The van der Waals surface area contributed by atoms with Gasteiger partial charge in [-0.3, -0.25) is 4.68 Å². The van der Waals surface area contributed by atoms with E-state index in [0.29, 0.717) is 5.11 Å². The molecule has 0 spiro atoms. The molecule has 0 saturated carbocycles. The monoisotopic (exact) mass is 288 g/mol. The number of hydrogen-bond donors (Lipinski definition) is 2. The number of benzene rings is 1. The van der Waals surface area contributed by atoms with Crippen molar-refractivity contribution in [3.63, 3.8) is 0 Å². The summed E-state index contributed by atoms with van der Waals surface area (Å²) in [6.45, 7) is 5.87. The third-order valence-electron chi connectivity index (χ3n) is 3.05. The molecule has 106 valence electrons. The van der Waals surface area contributed by atoms with Crippen molar-refractivity contribution < 1.29 is 0 Å². The molecular weight excluding hydrogens is 268 g/mol. The van der Waals surface area contributed by atoms with Crippen molar-refractivity contribution in [2.45, 2.75) is 26.8 Å². The Balaban J connectivity index is 1.73. The molecule has 1 heterocycles. The summed E-state index contributed by atoms with van der Waals surface area (Å²) in [7, 11) is 0. The van der Waals surface area contributed by atoms with Crippen molar-refractivity contribution >= 4 is 23.0 Å². The molecular formula is C15H20N4S. The van der Waals surface area contributed by atoms with Crippen LogP contribution in [0.3, 0.4) is 0 Å². The summed E-state index contributed by atoms with van der Waals surface area (Å²) < 4.78 is 1.92. The van der Waals surface area contributed by atoms with Crippen molar-refractivity contribution in [1.82, 2.24) is 15.1 Å². The fourth-order valence-corrected chi connectivity index (χ4v) is 2.12. The fraction of sp³-hybridized carbons (Fsp3) is 0.333. The highest BCUT2D eigenvalue weighted by atomic mass is 32.1. The van der Waals surface area contributed by atoms with Crippen molar-refractivity contribution in [3.8, 4) is 0 Å². The zero-order chi connectivity index (χ0) is 14.4. The molecule has 2 rings (SSSR count). The van der Waals surface area contributed by atoms with E-state index in [2.05, 4.69) is 47.8 Å². The first-order chi connectivity index (χ1) is 9.65. The van der Waals surface area contributed by atoms with Gasteiger partial charge >= 0.3 is 0 Å². The predicted molar refractivity (Wildman–Crippen MR) is 87.0 cm³/mol. The summed E-state index contributed by atoms with van der Waals surface area (Å²) in [5.41, 5.74) is 3.48. The number of aryl methyl sites for hydroxylation is 3. The van der Waals surface area contributed by atoms with Gasteiger partial charge in [0.2, 0.25) is 0 Å². The highest BCUT2D eigenvalue weighted by Crippen LogP contribution is 2.15. The van der Waals surface area contributed by atoms with Crippen LogP contribution in [0.4, 0.5) is 5.69 Å². The average molecular weight is 288 g/mol. The van der Waals surface area contributed by atoms with Gasteiger partial charge in [0.05, 0.1) is 0 Å². The number of aromatic nitrogens is 2. The largest absolute Gasteiger partial charge is 0.362 e. The van der Waals surface area contributed by atoms with Crippen LogP contribution in [0.25, 0.3) is 0 Å². The van der Waals surface area contributed by atoms with Gasteiger partial charge in [0, 0.05) is 31.2 Å². The second-order valence-electron chi connectivity index (χ2n) is 4.82. The Morgan fingerprint density at radius 2 is 2.20 bits per heavy atom. The fourth-order valence-electron chi connectivity index (χ4n) is 1.91. The molecule has 5 heteroatoms. The topological polar surface area (TPSA) is 41.9 Å². The van der Waals surface area contributed by atoms with Crippen molar-refractivity contribution in [3.05, 3.63) is 47.8 Å². The SMILES string of the molecule is Cc1ccc(C)c(NC(=S)NCCCn2cccn2)c1. The average Bonchev–Trinajstić information content (AvgIpc) is 2.92. The van der Waals surface area contributed by atoms with Gasteiger partial charge in [-0.2, -0.15) is 5.10 Å². The molecule has 0 bridgehead atoms. The van der Waals surface area contributed by atoms with Gasteiger partial charge < -0.3 is 10.6 Å². The number of anilines is 1. The molecule has 2 aromatic rings. The Morgan fingerprint density at radius 1 is 1.35 bits per heavy atom. The lowest BCUT2D eigenvalue weighted by molar-refractivity contribution is 0.574. The maximum atomic E-state index is 5.31. The van der Waals surface area contributed by atoms with Crippen molar-refractivity contribution in [2.75, 3.05) is 11.9 Å². The van der Waals surface area contributed by atoms with Crippen LogP contribution in [0, 0.1) is 13.8 Å². The third-order valence-corrected chi connectivity index (χ3v) is 3.30. The zero-order valence-electron chi connectivity index (χ0n) is 11.9. The first-order valence-electron chi connectivity index (χ1n) is 6.75. The molecule has 0 atom stereocenters. The summed E-state index contributed by atoms with van der Waals surface area (Å²) in [4.78, 5) is 0. The van der Waals surface area contributed by atoms with Crippen LogP contribution in [0.1, 0.15) is 17.5 Å². The summed E-state index contributed by atoms with van der Waals surface area (Å²) in [5, 5.41) is 11.3. The van der Waals surface area contributed by atoms with Gasteiger partial charge in [0.15, 0.2) is 5.11 Å². The third kappa shape index (κ3) is 4.35. The molecule has 0 aliphatic heterocycles. The quantitative estimate of drug-likeness (QED) is 0.656. The molecule has 0 radical (unpaired) electrons. The van der Waals surface area contributed by atoms with Crippen LogP contribution in [-0.2, 0) is 6.54 Å². The standard InChI is InChI=1S/C15H20N4S/c1-12-5-6-13(2)14(11-12)18-15(20)16-7-3-9-19-10-4-8-17-19/h4-6,8,10-11H,3,7,9H2,1-2H3,(H2,16,18,20). The Morgan fingerprint density at radius 3 is 2.95 bits per heavy atom. The Kier molecular flexibility index (Phi) is 5.12. The van der Waals surface area contributed by atoms with E-state index in [1.807, 2.05) is 16.9 Å². The van der Waals surface area contributed by atoms with Gasteiger partial charge in [-0.05, 0) is 55.7 Å². The maximum absolute atomic E-state index is 5.31. The summed E-state index contributed by atoms with van der Waals surface area (Å²) in [6.07, 6.45) is 4.74. The molecule has 2 N–H and O–H groups in total. The second-order valence-corrected chi connectivity index (χ2v) is 5.23. The second kappa shape index (κ2) is 7.05. The molecule has 1 aromatic carbocycles. The summed E-state index contributed by atoms with van der Waals surface area (Å²) in [6, 6.07) is 8.23. The van der Waals surface area contributed by atoms with Gasteiger partial charge in [-0.15, -0.1) is 0 Å². The van der Waals surface area contributed by atoms with Crippen LogP contribution in [0.5, 0.6) is 0 Å². The lowest BCUT2D eigenvalue weighted by atomic mass is 10.1. The molecule has 0 saturated heterocycles. The van der Waals surface area contributed by atoms with E-state index in [0.717, 1.165) is 25.2 Å². The van der Waals surface area contributed by atoms with E-state index >= 15 is 0 Å². The van der Waals surface area contributed by atoms with Crippen molar-refractivity contribution in [1.29, 1.82) is 0 Å². The van der Waals surface area contributed by atoms with Crippen LogP contribution in [0.15, 0.2) is 36.7 Å². The number of thiocarbonyl (C=S) groups is 1. The predicted octanol–water partition coefficient (Wildman–Crippen LogP) is 2.88. The highest BCUT2D eigenvalue weighted by molar-refractivity contribution is 7.80. The van der Waals surface area contributed by atoms with Crippen LogP contribution in [0.2, 0.25) is 0 Å². The molecule has 0 aliphatic rings. The van der Waals surface area contributed by atoms with Crippen LogP contribution < -0.4 is 10.6 Å².